The van der Waals surface area contributed by atoms with Gasteiger partial charge in [0.25, 0.3) is 0 Å². The molecule has 2 rings (SSSR count). The Balaban J connectivity index is 1.82. The molecule has 1 aromatic heterocycles. The summed E-state index contributed by atoms with van der Waals surface area (Å²) in [6.45, 7) is 0.873. The molecule has 0 radical (unpaired) electrons. The van der Waals surface area contributed by atoms with E-state index in [1.165, 1.54) is 6.08 Å². The number of carboxylic acids is 1. The van der Waals surface area contributed by atoms with Crippen LogP contribution in [0.15, 0.2) is 53.0 Å². The Morgan fingerprint density at radius 1 is 1.16 bits per heavy atom. The van der Waals surface area contributed by atoms with Gasteiger partial charge in [0.1, 0.15) is 18.1 Å². The Bertz CT molecular complexity index is 555. The van der Waals surface area contributed by atoms with E-state index in [2.05, 4.69) is 0 Å². The average molecular weight is 258 g/mol. The van der Waals surface area contributed by atoms with Crippen molar-refractivity contribution in [2.24, 2.45) is 0 Å². The number of carbonyl (C=O) groups is 1. The van der Waals surface area contributed by atoms with Gasteiger partial charge in [0, 0.05) is 6.08 Å². The Kier molecular flexibility index (Phi) is 4.53. The maximum Gasteiger partial charge on any atom is 0.328 e. The van der Waals surface area contributed by atoms with E-state index in [1.807, 2.05) is 30.3 Å². The Hall–Kier alpha value is -2.33. The molecule has 0 spiro atoms. The molecule has 0 aliphatic rings. The fourth-order valence-corrected chi connectivity index (χ4v) is 1.56. The SMILES string of the molecule is O=C(O)C=Cc1ccc(COCc2ccccc2)o1. The molecular weight excluding hydrogens is 244 g/mol. The molecule has 98 valence electrons. The Morgan fingerprint density at radius 2 is 1.95 bits per heavy atom. The zero-order chi connectivity index (χ0) is 13.5. The molecule has 1 heterocycles. The number of hydrogen-bond acceptors (Lipinski definition) is 3. The number of hydrogen-bond donors (Lipinski definition) is 1. The van der Waals surface area contributed by atoms with Crippen molar-refractivity contribution in [1.82, 2.24) is 0 Å². The summed E-state index contributed by atoms with van der Waals surface area (Å²) in [6.07, 6.45) is 2.44. The molecular formula is C15H14O4. The summed E-state index contributed by atoms with van der Waals surface area (Å²) in [6, 6.07) is 13.3. The van der Waals surface area contributed by atoms with Gasteiger partial charge < -0.3 is 14.3 Å². The third kappa shape index (κ3) is 4.44. The van der Waals surface area contributed by atoms with Crippen molar-refractivity contribution >= 4 is 12.0 Å². The Labute approximate surface area is 110 Å². The fourth-order valence-electron chi connectivity index (χ4n) is 1.56. The standard InChI is InChI=1S/C15H14O4/c16-15(17)9-8-13-6-7-14(19-13)11-18-10-12-4-2-1-3-5-12/h1-9H,10-11H2,(H,16,17). The summed E-state index contributed by atoms with van der Waals surface area (Å²) < 4.78 is 10.9. The summed E-state index contributed by atoms with van der Waals surface area (Å²) in [5.41, 5.74) is 1.10. The molecule has 1 N–H and O–H groups in total. The largest absolute Gasteiger partial charge is 0.478 e. The van der Waals surface area contributed by atoms with Crippen LogP contribution in [-0.4, -0.2) is 11.1 Å². The number of carboxylic acid groups (broad SMARTS) is 1. The lowest BCUT2D eigenvalue weighted by Crippen LogP contribution is -1.92. The van der Waals surface area contributed by atoms with Gasteiger partial charge in [-0.2, -0.15) is 0 Å². The highest BCUT2D eigenvalue weighted by Gasteiger charge is 2.00. The third-order valence-electron chi connectivity index (χ3n) is 2.43. The topological polar surface area (TPSA) is 59.7 Å². The van der Waals surface area contributed by atoms with Crippen LogP contribution in [0.3, 0.4) is 0 Å². The van der Waals surface area contributed by atoms with E-state index in [1.54, 1.807) is 12.1 Å². The summed E-state index contributed by atoms with van der Waals surface area (Å²) in [7, 11) is 0. The molecule has 0 bridgehead atoms. The quantitative estimate of drug-likeness (QED) is 0.809. The van der Waals surface area contributed by atoms with E-state index in [0.29, 0.717) is 24.7 Å². The lowest BCUT2D eigenvalue weighted by atomic mass is 10.2. The normalized spacial score (nSPS) is 10.9. The highest BCUT2D eigenvalue weighted by atomic mass is 16.5. The van der Waals surface area contributed by atoms with Crippen molar-refractivity contribution in [1.29, 1.82) is 0 Å². The highest BCUT2D eigenvalue weighted by Crippen LogP contribution is 2.12. The lowest BCUT2D eigenvalue weighted by molar-refractivity contribution is -0.131. The second-order valence-electron chi connectivity index (χ2n) is 3.95. The molecule has 0 amide bonds. The van der Waals surface area contributed by atoms with E-state index in [-0.39, 0.29) is 0 Å². The minimum absolute atomic E-state index is 0.357. The van der Waals surface area contributed by atoms with Crippen LogP contribution >= 0.6 is 0 Å². The molecule has 2 aromatic rings. The van der Waals surface area contributed by atoms with Crippen molar-refractivity contribution in [3.63, 3.8) is 0 Å². The molecule has 4 nitrogen and oxygen atoms in total. The molecule has 0 aliphatic heterocycles. The summed E-state index contributed by atoms with van der Waals surface area (Å²) in [5, 5.41) is 8.50. The molecule has 0 saturated heterocycles. The number of rotatable bonds is 6. The van der Waals surface area contributed by atoms with Gasteiger partial charge in [0.15, 0.2) is 0 Å². The van der Waals surface area contributed by atoms with Crippen LogP contribution in [0, 0.1) is 0 Å². The first-order valence-corrected chi connectivity index (χ1v) is 5.85. The lowest BCUT2D eigenvalue weighted by Gasteiger charge is -2.01. The highest BCUT2D eigenvalue weighted by molar-refractivity contribution is 5.84. The van der Waals surface area contributed by atoms with Crippen LogP contribution in [0.4, 0.5) is 0 Å². The van der Waals surface area contributed by atoms with Gasteiger partial charge in [-0.1, -0.05) is 30.3 Å². The maximum absolute atomic E-state index is 10.4. The van der Waals surface area contributed by atoms with Crippen molar-refractivity contribution in [3.8, 4) is 0 Å². The zero-order valence-electron chi connectivity index (χ0n) is 10.3. The third-order valence-corrected chi connectivity index (χ3v) is 2.43. The van der Waals surface area contributed by atoms with E-state index in [4.69, 9.17) is 14.3 Å². The molecule has 0 aliphatic carbocycles. The van der Waals surface area contributed by atoms with Crippen LogP contribution in [0.1, 0.15) is 17.1 Å². The smallest absolute Gasteiger partial charge is 0.328 e. The zero-order valence-corrected chi connectivity index (χ0v) is 10.3. The van der Waals surface area contributed by atoms with E-state index in [9.17, 15) is 4.79 Å². The number of furan rings is 1. The van der Waals surface area contributed by atoms with E-state index < -0.39 is 5.97 Å². The number of ether oxygens (including phenoxy) is 1. The van der Waals surface area contributed by atoms with Crippen LogP contribution < -0.4 is 0 Å². The Morgan fingerprint density at radius 3 is 2.68 bits per heavy atom. The van der Waals surface area contributed by atoms with Gasteiger partial charge in [-0.25, -0.2) is 4.79 Å². The molecule has 0 unspecified atom stereocenters. The van der Waals surface area contributed by atoms with Crippen molar-refractivity contribution in [3.05, 3.63) is 65.6 Å². The number of aliphatic carboxylic acids is 1. The van der Waals surface area contributed by atoms with Crippen molar-refractivity contribution < 1.29 is 19.1 Å². The molecule has 0 saturated carbocycles. The maximum atomic E-state index is 10.4. The molecule has 0 atom stereocenters. The monoisotopic (exact) mass is 258 g/mol. The predicted molar refractivity (Wildman–Crippen MR) is 70.3 cm³/mol. The number of benzene rings is 1. The first kappa shape index (κ1) is 13.1. The van der Waals surface area contributed by atoms with Crippen LogP contribution in [0.25, 0.3) is 6.08 Å². The van der Waals surface area contributed by atoms with Gasteiger partial charge in [0.05, 0.1) is 6.61 Å². The van der Waals surface area contributed by atoms with Gasteiger partial charge in [-0.15, -0.1) is 0 Å². The van der Waals surface area contributed by atoms with Crippen molar-refractivity contribution in [2.75, 3.05) is 0 Å². The molecule has 0 fully saturated rings. The molecule has 4 heteroatoms. The first-order valence-electron chi connectivity index (χ1n) is 5.85. The van der Waals surface area contributed by atoms with Gasteiger partial charge in [0.2, 0.25) is 0 Å². The van der Waals surface area contributed by atoms with Gasteiger partial charge >= 0.3 is 5.97 Å². The van der Waals surface area contributed by atoms with E-state index in [0.717, 1.165) is 11.6 Å². The first-order chi connectivity index (χ1) is 9.24. The molecule has 19 heavy (non-hydrogen) atoms. The average Bonchev–Trinajstić information content (AvgIpc) is 2.86. The second kappa shape index (κ2) is 6.56. The van der Waals surface area contributed by atoms with Crippen LogP contribution in [0.2, 0.25) is 0 Å². The van der Waals surface area contributed by atoms with Gasteiger partial charge in [-0.3, -0.25) is 0 Å². The fraction of sp³-hybridized carbons (Fsp3) is 0.133. The predicted octanol–water partition coefficient (Wildman–Crippen LogP) is 3.09. The minimum Gasteiger partial charge on any atom is -0.478 e. The summed E-state index contributed by atoms with van der Waals surface area (Å²) >= 11 is 0. The summed E-state index contributed by atoms with van der Waals surface area (Å²) in [4.78, 5) is 10.4. The van der Waals surface area contributed by atoms with Gasteiger partial charge in [-0.05, 0) is 23.8 Å². The summed E-state index contributed by atoms with van der Waals surface area (Å²) in [5.74, 6) is 0.167. The molecule has 1 aromatic carbocycles. The van der Waals surface area contributed by atoms with Crippen LogP contribution in [-0.2, 0) is 22.7 Å². The van der Waals surface area contributed by atoms with E-state index >= 15 is 0 Å². The minimum atomic E-state index is -1.00. The van der Waals surface area contributed by atoms with Crippen molar-refractivity contribution in [2.45, 2.75) is 13.2 Å². The van der Waals surface area contributed by atoms with Crippen LogP contribution in [0.5, 0.6) is 0 Å². The second-order valence-corrected chi connectivity index (χ2v) is 3.95.